The van der Waals surface area contributed by atoms with Crippen molar-refractivity contribution in [3.8, 4) is 17.1 Å². The standard InChI is InChI=1S/C29H30ClF2N7O2S/c1-4-21(40)39-11-10-38(13-15(39)2)27-18-12-19(30)22(17-7-8-20(31)26-25(17)34-28(33)42-26)23(32)24(18)35-29(36-27)41-14-16-6-5-9-37(16)3/h4,7-8,12,15-16H,1,5-6,9-11,13-14H2,2-3H3,(H2,33,34)/t15-,16-/m0/s1. The molecule has 2 aromatic carbocycles. The van der Waals surface area contributed by atoms with Gasteiger partial charge in [-0.05, 0) is 57.6 Å². The number of anilines is 2. The molecule has 0 radical (unpaired) electrons. The lowest BCUT2D eigenvalue weighted by molar-refractivity contribution is -0.128. The highest BCUT2D eigenvalue weighted by Gasteiger charge is 2.31. The van der Waals surface area contributed by atoms with E-state index >= 15 is 4.39 Å². The molecule has 13 heteroatoms. The van der Waals surface area contributed by atoms with Gasteiger partial charge in [-0.1, -0.05) is 29.5 Å². The van der Waals surface area contributed by atoms with Crippen LogP contribution in [0.4, 0.5) is 19.7 Å². The molecule has 2 aliphatic heterocycles. The van der Waals surface area contributed by atoms with Gasteiger partial charge < -0.3 is 25.2 Å². The van der Waals surface area contributed by atoms with Crippen LogP contribution in [0.15, 0.2) is 30.9 Å². The molecule has 220 valence electrons. The van der Waals surface area contributed by atoms with Crippen LogP contribution in [-0.2, 0) is 4.79 Å². The predicted molar refractivity (Wildman–Crippen MR) is 162 cm³/mol. The van der Waals surface area contributed by atoms with Crippen LogP contribution in [0.2, 0.25) is 5.02 Å². The molecule has 0 spiro atoms. The summed E-state index contributed by atoms with van der Waals surface area (Å²) < 4.78 is 37.4. The van der Waals surface area contributed by atoms with E-state index in [0.29, 0.717) is 43.0 Å². The van der Waals surface area contributed by atoms with Crippen molar-refractivity contribution in [1.29, 1.82) is 0 Å². The van der Waals surface area contributed by atoms with Crippen molar-refractivity contribution in [2.75, 3.05) is 50.5 Å². The van der Waals surface area contributed by atoms with Gasteiger partial charge in [-0.2, -0.15) is 9.97 Å². The number of hydrogen-bond donors (Lipinski definition) is 1. The molecule has 0 unspecified atom stereocenters. The number of carbonyl (C=O) groups is 1. The number of nitrogens with zero attached hydrogens (tertiary/aromatic N) is 6. The second kappa shape index (κ2) is 11.2. The first-order valence-electron chi connectivity index (χ1n) is 13.7. The predicted octanol–water partition coefficient (Wildman–Crippen LogP) is 5.12. The highest BCUT2D eigenvalue weighted by molar-refractivity contribution is 7.22. The quantitative estimate of drug-likeness (QED) is 0.299. The number of amides is 1. The van der Waals surface area contributed by atoms with Crippen LogP contribution in [0, 0.1) is 11.6 Å². The number of rotatable bonds is 6. The fourth-order valence-corrected chi connectivity index (χ4v) is 6.92. The Morgan fingerprint density at radius 3 is 2.76 bits per heavy atom. The number of aromatic nitrogens is 3. The minimum absolute atomic E-state index is 0.0205. The van der Waals surface area contributed by atoms with Gasteiger partial charge in [0.25, 0.3) is 0 Å². The Morgan fingerprint density at radius 2 is 2.05 bits per heavy atom. The van der Waals surface area contributed by atoms with Crippen LogP contribution >= 0.6 is 22.9 Å². The molecule has 9 nitrogen and oxygen atoms in total. The molecule has 6 rings (SSSR count). The van der Waals surface area contributed by atoms with E-state index in [0.717, 1.165) is 30.7 Å². The smallest absolute Gasteiger partial charge is 0.319 e. The summed E-state index contributed by atoms with van der Waals surface area (Å²) in [6.45, 7) is 8.23. The molecule has 2 atom stereocenters. The van der Waals surface area contributed by atoms with Gasteiger partial charge >= 0.3 is 6.01 Å². The van der Waals surface area contributed by atoms with Crippen molar-refractivity contribution in [3.63, 3.8) is 0 Å². The zero-order valence-electron chi connectivity index (χ0n) is 23.2. The molecular formula is C29H30ClF2N7O2S. The molecule has 4 heterocycles. The van der Waals surface area contributed by atoms with Gasteiger partial charge in [0.2, 0.25) is 5.91 Å². The van der Waals surface area contributed by atoms with Crippen molar-refractivity contribution in [2.45, 2.75) is 31.8 Å². The highest BCUT2D eigenvalue weighted by atomic mass is 35.5. The number of piperazine rings is 1. The number of fused-ring (bicyclic) bond motifs is 2. The summed E-state index contributed by atoms with van der Waals surface area (Å²) in [6, 6.07) is 4.42. The number of hydrogen-bond acceptors (Lipinski definition) is 9. The summed E-state index contributed by atoms with van der Waals surface area (Å²) in [5.41, 5.74) is 6.47. The molecule has 2 aromatic heterocycles. The van der Waals surface area contributed by atoms with E-state index in [2.05, 4.69) is 21.4 Å². The summed E-state index contributed by atoms with van der Waals surface area (Å²) in [5, 5.41) is 0.659. The van der Waals surface area contributed by atoms with E-state index in [-0.39, 0.29) is 55.5 Å². The molecule has 2 aliphatic rings. The van der Waals surface area contributed by atoms with Crippen LogP contribution in [0.1, 0.15) is 19.8 Å². The third kappa shape index (κ3) is 5.01. The lowest BCUT2D eigenvalue weighted by atomic mass is 10.0. The summed E-state index contributed by atoms with van der Waals surface area (Å²) >= 11 is 7.74. The van der Waals surface area contributed by atoms with Gasteiger partial charge in [0.15, 0.2) is 10.9 Å². The maximum absolute atomic E-state index is 16.6. The van der Waals surface area contributed by atoms with Crippen molar-refractivity contribution >= 4 is 60.9 Å². The average molecular weight is 614 g/mol. The summed E-state index contributed by atoms with van der Waals surface area (Å²) in [7, 11) is 2.04. The summed E-state index contributed by atoms with van der Waals surface area (Å²) in [5.74, 6) is -0.883. The molecule has 1 amide bonds. The number of nitrogens with two attached hydrogens (primary N) is 1. The molecular weight excluding hydrogens is 584 g/mol. The van der Waals surface area contributed by atoms with Gasteiger partial charge in [0.1, 0.15) is 23.8 Å². The van der Waals surface area contributed by atoms with Crippen molar-refractivity contribution < 1.29 is 18.3 Å². The minimum Gasteiger partial charge on any atom is -0.462 e. The number of benzene rings is 2. The number of thiazole rings is 1. The molecule has 0 saturated carbocycles. The van der Waals surface area contributed by atoms with Crippen molar-refractivity contribution in [3.05, 3.63) is 47.5 Å². The minimum atomic E-state index is -0.697. The zero-order valence-corrected chi connectivity index (χ0v) is 24.8. The van der Waals surface area contributed by atoms with E-state index in [1.807, 2.05) is 18.9 Å². The molecule has 42 heavy (non-hydrogen) atoms. The van der Waals surface area contributed by atoms with E-state index in [1.165, 1.54) is 18.2 Å². The van der Waals surface area contributed by atoms with E-state index < -0.39 is 11.6 Å². The number of ether oxygens (including phenoxy) is 1. The fourth-order valence-electron chi connectivity index (χ4n) is 5.86. The van der Waals surface area contributed by atoms with Gasteiger partial charge in [-0.25, -0.2) is 13.8 Å². The third-order valence-corrected chi connectivity index (χ3v) is 9.28. The monoisotopic (exact) mass is 613 g/mol. The topological polar surface area (TPSA) is 101 Å². The largest absolute Gasteiger partial charge is 0.462 e. The Morgan fingerprint density at radius 1 is 1.24 bits per heavy atom. The molecule has 2 saturated heterocycles. The van der Waals surface area contributed by atoms with Crippen molar-refractivity contribution in [2.24, 2.45) is 0 Å². The van der Waals surface area contributed by atoms with E-state index in [1.54, 1.807) is 11.0 Å². The van der Waals surface area contributed by atoms with Crippen LogP contribution < -0.4 is 15.4 Å². The van der Waals surface area contributed by atoms with Gasteiger partial charge in [-0.15, -0.1) is 0 Å². The Bertz CT molecular complexity index is 1720. The van der Waals surface area contributed by atoms with Crippen LogP contribution in [0.25, 0.3) is 32.2 Å². The molecule has 0 aliphatic carbocycles. The maximum Gasteiger partial charge on any atom is 0.319 e. The Hall–Kier alpha value is -3.61. The molecule has 0 bridgehead atoms. The number of likely N-dealkylation sites (N-methyl/N-ethyl adjacent to an activating group) is 1. The van der Waals surface area contributed by atoms with Gasteiger partial charge in [0.05, 0.1) is 15.2 Å². The van der Waals surface area contributed by atoms with Crippen LogP contribution in [0.5, 0.6) is 6.01 Å². The first-order valence-corrected chi connectivity index (χ1v) is 14.9. The first-order chi connectivity index (χ1) is 20.2. The first kappa shape index (κ1) is 28.5. The molecule has 2 fully saturated rings. The SMILES string of the molecule is C=CC(=O)N1CCN(c2nc(OC[C@@H]3CCCN3C)nc3c(F)c(-c4ccc(F)c5sc(N)nc45)c(Cl)cc23)C[C@@H]1C. The molecule has 2 N–H and O–H groups in total. The second-order valence-corrected chi connectivity index (χ2v) is 12.2. The zero-order chi connectivity index (χ0) is 29.7. The van der Waals surface area contributed by atoms with Crippen molar-refractivity contribution in [1.82, 2.24) is 24.8 Å². The van der Waals surface area contributed by atoms with Gasteiger partial charge in [0, 0.05) is 48.2 Å². The number of nitrogen functional groups attached to an aromatic ring is 1. The Balaban J connectivity index is 1.48. The molecule has 4 aromatic rings. The third-order valence-electron chi connectivity index (χ3n) is 8.08. The van der Waals surface area contributed by atoms with Gasteiger partial charge in [-0.3, -0.25) is 4.79 Å². The average Bonchev–Trinajstić information content (AvgIpc) is 3.57. The lowest BCUT2D eigenvalue weighted by Crippen LogP contribution is -2.54. The Labute approximate surface area is 250 Å². The normalized spacial score (nSPS) is 19.6. The summed E-state index contributed by atoms with van der Waals surface area (Å²) in [4.78, 5) is 31.8. The van der Waals surface area contributed by atoms with E-state index in [9.17, 15) is 9.18 Å². The number of halogens is 3. The van der Waals surface area contributed by atoms with E-state index in [4.69, 9.17) is 27.1 Å². The fraction of sp³-hybridized carbons (Fsp3) is 0.379. The Kier molecular flexibility index (Phi) is 7.62. The van der Waals surface area contributed by atoms with Crippen LogP contribution in [-0.4, -0.2) is 82.6 Å². The number of likely N-dealkylation sites (tertiary alicyclic amines) is 1. The maximum atomic E-state index is 16.6. The van der Waals surface area contributed by atoms with Crippen LogP contribution in [0.3, 0.4) is 0 Å². The second-order valence-electron chi connectivity index (χ2n) is 10.7. The number of carbonyl (C=O) groups excluding carboxylic acids is 1. The summed E-state index contributed by atoms with van der Waals surface area (Å²) in [6.07, 6.45) is 3.36. The highest BCUT2D eigenvalue weighted by Crippen LogP contribution is 2.42. The lowest BCUT2D eigenvalue weighted by Gasteiger charge is -2.40.